The molecular weight excluding hydrogens is 250 g/mol. The zero-order valence-electron chi connectivity index (χ0n) is 12.7. The van der Waals surface area contributed by atoms with Crippen LogP contribution in [-0.2, 0) is 0 Å². The number of nitrogens with one attached hydrogen (secondary N) is 1. The van der Waals surface area contributed by atoms with Crippen LogP contribution in [0.2, 0.25) is 0 Å². The third kappa shape index (κ3) is 2.59. The van der Waals surface area contributed by atoms with E-state index in [1.165, 1.54) is 0 Å². The van der Waals surface area contributed by atoms with Crippen LogP contribution in [0.3, 0.4) is 0 Å². The third-order valence-electron chi connectivity index (χ3n) is 3.56. The van der Waals surface area contributed by atoms with Crippen LogP contribution in [0.15, 0.2) is 18.2 Å². The molecule has 0 aliphatic rings. The van der Waals surface area contributed by atoms with Gasteiger partial charge in [0.1, 0.15) is 5.75 Å². The highest BCUT2D eigenvalue weighted by molar-refractivity contribution is 5.70. The van der Waals surface area contributed by atoms with Crippen molar-refractivity contribution >= 4 is 5.82 Å². The van der Waals surface area contributed by atoms with Crippen LogP contribution >= 0.6 is 0 Å². The standard InChI is InChI=1S/C16H21N3O/c1-6-17-16-12(4)11(3)15(18-19-16)14-8-7-13(20-5)9-10(14)2/h7-9H,6H2,1-5H3,(H,17,19). The molecule has 0 fully saturated rings. The van der Waals surface area contributed by atoms with Gasteiger partial charge in [0, 0.05) is 12.1 Å². The maximum atomic E-state index is 5.24. The van der Waals surface area contributed by atoms with E-state index in [1.54, 1.807) is 7.11 Å². The first-order valence-corrected chi connectivity index (χ1v) is 6.81. The molecule has 1 aromatic heterocycles. The van der Waals surface area contributed by atoms with Gasteiger partial charge in [-0.2, -0.15) is 0 Å². The molecule has 20 heavy (non-hydrogen) atoms. The van der Waals surface area contributed by atoms with Crippen LogP contribution in [0.4, 0.5) is 5.82 Å². The normalized spacial score (nSPS) is 10.4. The molecule has 4 heteroatoms. The fourth-order valence-corrected chi connectivity index (χ4v) is 2.23. The molecule has 0 bridgehead atoms. The van der Waals surface area contributed by atoms with Gasteiger partial charge < -0.3 is 10.1 Å². The summed E-state index contributed by atoms with van der Waals surface area (Å²) in [6.07, 6.45) is 0. The van der Waals surface area contributed by atoms with Crippen molar-refractivity contribution in [3.63, 3.8) is 0 Å². The lowest BCUT2D eigenvalue weighted by molar-refractivity contribution is 0.414. The molecular formula is C16H21N3O. The monoisotopic (exact) mass is 271 g/mol. The quantitative estimate of drug-likeness (QED) is 0.924. The number of aryl methyl sites for hydroxylation is 1. The molecule has 2 aromatic rings. The first-order chi connectivity index (χ1) is 9.58. The molecule has 4 nitrogen and oxygen atoms in total. The largest absolute Gasteiger partial charge is 0.497 e. The smallest absolute Gasteiger partial charge is 0.151 e. The molecule has 1 aromatic carbocycles. The predicted octanol–water partition coefficient (Wildman–Crippen LogP) is 3.51. The van der Waals surface area contributed by atoms with E-state index in [1.807, 2.05) is 18.2 Å². The highest BCUT2D eigenvalue weighted by Gasteiger charge is 2.13. The zero-order chi connectivity index (χ0) is 14.7. The first kappa shape index (κ1) is 14.3. The number of nitrogens with zero attached hydrogens (tertiary/aromatic N) is 2. The summed E-state index contributed by atoms with van der Waals surface area (Å²) in [4.78, 5) is 0. The van der Waals surface area contributed by atoms with Crippen molar-refractivity contribution in [3.8, 4) is 17.0 Å². The maximum absolute atomic E-state index is 5.24. The van der Waals surface area contributed by atoms with Crippen molar-refractivity contribution in [1.29, 1.82) is 0 Å². The Morgan fingerprint density at radius 3 is 2.45 bits per heavy atom. The second kappa shape index (κ2) is 5.90. The zero-order valence-corrected chi connectivity index (χ0v) is 12.7. The molecule has 0 aliphatic carbocycles. The minimum atomic E-state index is 0.843. The van der Waals surface area contributed by atoms with E-state index in [2.05, 4.69) is 43.2 Å². The molecule has 0 spiro atoms. The van der Waals surface area contributed by atoms with Crippen molar-refractivity contribution in [3.05, 3.63) is 34.9 Å². The molecule has 0 saturated heterocycles. The van der Waals surface area contributed by atoms with Gasteiger partial charge in [0.05, 0.1) is 12.8 Å². The SMILES string of the molecule is CCNc1nnc(-c2ccc(OC)cc2C)c(C)c1C. The number of methoxy groups -OCH3 is 1. The van der Waals surface area contributed by atoms with Crippen molar-refractivity contribution in [2.45, 2.75) is 27.7 Å². The lowest BCUT2D eigenvalue weighted by Crippen LogP contribution is -2.06. The van der Waals surface area contributed by atoms with Crippen molar-refractivity contribution < 1.29 is 4.74 Å². The number of hydrogen-bond donors (Lipinski definition) is 1. The number of benzene rings is 1. The summed E-state index contributed by atoms with van der Waals surface area (Å²) >= 11 is 0. The van der Waals surface area contributed by atoms with Gasteiger partial charge in [-0.15, -0.1) is 10.2 Å². The number of anilines is 1. The maximum Gasteiger partial charge on any atom is 0.151 e. The van der Waals surface area contributed by atoms with E-state index in [-0.39, 0.29) is 0 Å². The Morgan fingerprint density at radius 1 is 1.10 bits per heavy atom. The fraction of sp³-hybridized carbons (Fsp3) is 0.375. The molecule has 0 atom stereocenters. The number of aromatic nitrogens is 2. The Morgan fingerprint density at radius 2 is 1.85 bits per heavy atom. The third-order valence-corrected chi connectivity index (χ3v) is 3.56. The minimum Gasteiger partial charge on any atom is -0.497 e. The molecule has 0 radical (unpaired) electrons. The molecule has 2 rings (SSSR count). The van der Waals surface area contributed by atoms with E-state index in [4.69, 9.17) is 4.74 Å². The van der Waals surface area contributed by atoms with Crippen LogP contribution in [0.25, 0.3) is 11.3 Å². The topological polar surface area (TPSA) is 47.0 Å². The van der Waals surface area contributed by atoms with Crippen LogP contribution < -0.4 is 10.1 Å². The van der Waals surface area contributed by atoms with E-state index in [9.17, 15) is 0 Å². The van der Waals surface area contributed by atoms with Crippen molar-refractivity contribution in [2.24, 2.45) is 0 Å². The van der Waals surface area contributed by atoms with Gasteiger partial charge in [0.15, 0.2) is 5.82 Å². The average Bonchev–Trinajstić information content (AvgIpc) is 2.45. The Hall–Kier alpha value is -2.10. The predicted molar refractivity (Wildman–Crippen MR) is 82.4 cm³/mol. The van der Waals surface area contributed by atoms with Crippen LogP contribution in [0.1, 0.15) is 23.6 Å². The lowest BCUT2D eigenvalue weighted by atomic mass is 9.99. The van der Waals surface area contributed by atoms with Gasteiger partial charge >= 0.3 is 0 Å². The van der Waals surface area contributed by atoms with Crippen molar-refractivity contribution in [2.75, 3.05) is 19.0 Å². The Kier molecular flexibility index (Phi) is 4.23. The highest BCUT2D eigenvalue weighted by atomic mass is 16.5. The van der Waals surface area contributed by atoms with E-state index < -0.39 is 0 Å². The molecule has 106 valence electrons. The van der Waals surface area contributed by atoms with E-state index >= 15 is 0 Å². The second-order valence-corrected chi connectivity index (χ2v) is 4.86. The first-order valence-electron chi connectivity index (χ1n) is 6.81. The summed E-state index contributed by atoms with van der Waals surface area (Å²) in [7, 11) is 1.68. The summed E-state index contributed by atoms with van der Waals surface area (Å²) in [6.45, 7) is 9.12. The molecule has 0 saturated carbocycles. The summed E-state index contributed by atoms with van der Waals surface area (Å²) in [5, 5.41) is 11.9. The van der Waals surface area contributed by atoms with Gasteiger partial charge in [-0.05, 0) is 62.6 Å². The Balaban J connectivity index is 2.51. The van der Waals surface area contributed by atoms with Crippen LogP contribution in [0.5, 0.6) is 5.75 Å². The van der Waals surface area contributed by atoms with Crippen LogP contribution in [0, 0.1) is 20.8 Å². The summed E-state index contributed by atoms with van der Waals surface area (Å²) < 4.78 is 5.24. The fourth-order valence-electron chi connectivity index (χ4n) is 2.23. The number of rotatable bonds is 4. The highest BCUT2D eigenvalue weighted by Crippen LogP contribution is 2.30. The Labute approximate surface area is 120 Å². The summed E-state index contributed by atoms with van der Waals surface area (Å²) in [5.41, 5.74) is 5.47. The minimum absolute atomic E-state index is 0.843. The van der Waals surface area contributed by atoms with Gasteiger partial charge in [-0.1, -0.05) is 0 Å². The average molecular weight is 271 g/mol. The Bertz CT molecular complexity index is 623. The summed E-state index contributed by atoms with van der Waals surface area (Å²) in [6, 6.07) is 6.01. The molecule has 0 amide bonds. The molecule has 0 aliphatic heterocycles. The number of hydrogen-bond acceptors (Lipinski definition) is 4. The van der Waals surface area contributed by atoms with Crippen molar-refractivity contribution in [1.82, 2.24) is 10.2 Å². The van der Waals surface area contributed by atoms with Gasteiger partial charge in [-0.25, -0.2) is 0 Å². The molecule has 1 heterocycles. The molecule has 1 N–H and O–H groups in total. The molecule has 0 unspecified atom stereocenters. The second-order valence-electron chi connectivity index (χ2n) is 4.86. The van der Waals surface area contributed by atoms with Gasteiger partial charge in [0.25, 0.3) is 0 Å². The lowest BCUT2D eigenvalue weighted by Gasteiger charge is -2.14. The van der Waals surface area contributed by atoms with Gasteiger partial charge in [-0.3, -0.25) is 0 Å². The van der Waals surface area contributed by atoms with Crippen LogP contribution in [-0.4, -0.2) is 23.9 Å². The van der Waals surface area contributed by atoms with E-state index in [0.29, 0.717) is 0 Å². The summed E-state index contributed by atoms with van der Waals surface area (Å²) in [5.74, 6) is 1.72. The van der Waals surface area contributed by atoms with E-state index in [0.717, 1.165) is 46.1 Å². The van der Waals surface area contributed by atoms with Gasteiger partial charge in [0.2, 0.25) is 0 Å². The number of ether oxygens (including phenoxy) is 1.